The van der Waals surface area contributed by atoms with E-state index in [1.54, 1.807) is 12.5 Å². The van der Waals surface area contributed by atoms with Crippen LogP contribution in [0.1, 0.15) is 11.3 Å². The van der Waals surface area contributed by atoms with Crippen LogP contribution in [0.15, 0.2) is 57.8 Å². The molecule has 16 heavy (non-hydrogen) atoms. The maximum Gasteiger partial charge on any atom is 0.137 e. The Morgan fingerprint density at radius 1 is 0.812 bits per heavy atom. The Morgan fingerprint density at radius 3 is 2.69 bits per heavy atom. The Kier molecular flexibility index (Phi) is 2.26. The first-order chi connectivity index (χ1) is 7.93. The van der Waals surface area contributed by atoms with Crippen molar-refractivity contribution in [1.29, 1.82) is 0 Å². The lowest BCUT2D eigenvalue weighted by Gasteiger charge is -2.00. The molecule has 0 radical (unpaired) electrons. The molecule has 0 unspecified atom stereocenters. The van der Waals surface area contributed by atoms with Crippen molar-refractivity contribution in [2.75, 3.05) is 0 Å². The minimum absolute atomic E-state index is 0.910. The van der Waals surface area contributed by atoms with Crippen molar-refractivity contribution in [2.24, 2.45) is 0 Å². The van der Waals surface area contributed by atoms with Gasteiger partial charge in [0.2, 0.25) is 0 Å². The van der Waals surface area contributed by atoms with Gasteiger partial charge in [-0.15, -0.1) is 0 Å². The van der Waals surface area contributed by atoms with Crippen molar-refractivity contribution >= 4 is 11.0 Å². The Balaban J connectivity index is 1.86. The van der Waals surface area contributed by atoms with E-state index in [0.717, 1.165) is 29.6 Å². The molecule has 0 spiro atoms. The standard InChI is InChI=1S/C14H12O2/c1-3-11(6-7-13-5-2-9-15-13)14-12(4-1)8-10-16-14/h1-5,8-10H,6-7H2. The molecule has 0 bridgehead atoms. The maximum absolute atomic E-state index is 5.49. The van der Waals surface area contributed by atoms with Gasteiger partial charge in [0.15, 0.2) is 0 Å². The van der Waals surface area contributed by atoms with Crippen LogP contribution < -0.4 is 0 Å². The molecule has 0 N–H and O–H groups in total. The summed E-state index contributed by atoms with van der Waals surface area (Å²) in [5.41, 5.74) is 2.23. The highest BCUT2D eigenvalue weighted by Crippen LogP contribution is 2.21. The fourth-order valence-electron chi connectivity index (χ4n) is 1.96. The molecule has 0 fully saturated rings. The summed E-state index contributed by atoms with van der Waals surface area (Å²) in [5, 5.41) is 1.16. The summed E-state index contributed by atoms with van der Waals surface area (Å²) in [4.78, 5) is 0. The largest absolute Gasteiger partial charge is 0.469 e. The summed E-state index contributed by atoms with van der Waals surface area (Å²) < 4.78 is 10.8. The highest BCUT2D eigenvalue weighted by molar-refractivity contribution is 5.80. The molecule has 0 aliphatic heterocycles. The number of para-hydroxylation sites is 1. The smallest absolute Gasteiger partial charge is 0.137 e. The van der Waals surface area contributed by atoms with Gasteiger partial charge in [-0.25, -0.2) is 0 Å². The predicted octanol–water partition coefficient (Wildman–Crippen LogP) is 3.81. The second-order valence-electron chi connectivity index (χ2n) is 3.84. The van der Waals surface area contributed by atoms with Crippen LogP contribution >= 0.6 is 0 Å². The van der Waals surface area contributed by atoms with Gasteiger partial charge in [0.05, 0.1) is 12.5 Å². The van der Waals surface area contributed by atoms with E-state index in [2.05, 4.69) is 18.2 Å². The first-order valence-corrected chi connectivity index (χ1v) is 5.41. The van der Waals surface area contributed by atoms with Crippen LogP contribution in [-0.2, 0) is 12.8 Å². The third kappa shape index (κ3) is 1.63. The van der Waals surface area contributed by atoms with E-state index in [4.69, 9.17) is 8.83 Å². The number of fused-ring (bicyclic) bond motifs is 1. The third-order valence-electron chi connectivity index (χ3n) is 2.78. The molecule has 0 aliphatic rings. The Bertz CT molecular complexity index is 576. The van der Waals surface area contributed by atoms with Crippen molar-refractivity contribution < 1.29 is 8.83 Å². The van der Waals surface area contributed by atoms with Crippen LogP contribution in [0.25, 0.3) is 11.0 Å². The van der Waals surface area contributed by atoms with Gasteiger partial charge in [0.25, 0.3) is 0 Å². The molecule has 1 aromatic carbocycles. The molecule has 2 nitrogen and oxygen atoms in total. The number of aryl methyl sites for hydroxylation is 2. The monoisotopic (exact) mass is 212 g/mol. The van der Waals surface area contributed by atoms with Gasteiger partial charge in [0, 0.05) is 11.8 Å². The predicted molar refractivity (Wildman–Crippen MR) is 62.3 cm³/mol. The van der Waals surface area contributed by atoms with E-state index < -0.39 is 0 Å². The van der Waals surface area contributed by atoms with Crippen LogP contribution in [0.2, 0.25) is 0 Å². The molecule has 2 heteroatoms. The topological polar surface area (TPSA) is 26.3 Å². The van der Waals surface area contributed by atoms with E-state index in [1.807, 2.05) is 18.2 Å². The first-order valence-electron chi connectivity index (χ1n) is 5.41. The lowest BCUT2D eigenvalue weighted by molar-refractivity contribution is 0.508. The maximum atomic E-state index is 5.49. The molecule has 3 aromatic rings. The van der Waals surface area contributed by atoms with Crippen LogP contribution in [0.3, 0.4) is 0 Å². The van der Waals surface area contributed by atoms with Gasteiger partial charge < -0.3 is 8.83 Å². The molecule has 3 rings (SSSR count). The molecule has 0 aliphatic carbocycles. The van der Waals surface area contributed by atoms with E-state index in [0.29, 0.717) is 0 Å². The van der Waals surface area contributed by atoms with Crippen LogP contribution in [0.5, 0.6) is 0 Å². The van der Waals surface area contributed by atoms with Crippen LogP contribution in [0, 0.1) is 0 Å². The van der Waals surface area contributed by atoms with Gasteiger partial charge in [-0.3, -0.25) is 0 Å². The quantitative estimate of drug-likeness (QED) is 0.659. The lowest BCUT2D eigenvalue weighted by Crippen LogP contribution is -1.89. The van der Waals surface area contributed by atoms with E-state index >= 15 is 0 Å². The number of benzene rings is 1. The summed E-state index contributed by atoms with van der Waals surface area (Å²) in [5.74, 6) is 1.02. The summed E-state index contributed by atoms with van der Waals surface area (Å²) in [6.07, 6.45) is 5.30. The summed E-state index contributed by atoms with van der Waals surface area (Å²) in [7, 11) is 0. The Labute approximate surface area is 93.5 Å². The van der Waals surface area contributed by atoms with Crippen molar-refractivity contribution in [3.63, 3.8) is 0 Å². The molecule has 0 saturated heterocycles. The van der Waals surface area contributed by atoms with Crippen LogP contribution in [-0.4, -0.2) is 0 Å². The van der Waals surface area contributed by atoms with Gasteiger partial charge in [-0.2, -0.15) is 0 Å². The zero-order chi connectivity index (χ0) is 10.8. The molecule has 0 atom stereocenters. The second kappa shape index (κ2) is 3.89. The minimum atomic E-state index is 0.910. The number of furan rings is 2. The zero-order valence-corrected chi connectivity index (χ0v) is 8.85. The normalized spacial score (nSPS) is 11.0. The number of hydrogen-bond donors (Lipinski definition) is 0. The number of hydrogen-bond acceptors (Lipinski definition) is 2. The van der Waals surface area contributed by atoms with E-state index in [-0.39, 0.29) is 0 Å². The summed E-state index contributed by atoms with van der Waals surface area (Å²) in [6.45, 7) is 0. The van der Waals surface area contributed by atoms with Crippen LogP contribution in [0.4, 0.5) is 0 Å². The molecular formula is C14H12O2. The number of rotatable bonds is 3. The molecule has 0 amide bonds. The van der Waals surface area contributed by atoms with Crippen molar-refractivity contribution in [3.05, 3.63) is 60.2 Å². The highest BCUT2D eigenvalue weighted by Gasteiger charge is 2.04. The van der Waals surface area contributed by atoms with E-state index in [1.165, 1.54) is 5.56 Å². The average molecular weight is 212 g/mol. The zero-order valence-electron chi connectivity index (χ0n) is 8.85. The average Bonchev–Trinajstić information content (AvgIpc) is 2.97. The molecule has 2 aromatic heterocycles. The molecular weight excluding hydrogens is 200 g/mol. The highest BCUT2D eigenvalue weighted by atomic mass is 16.3. The van der Waals surface area contributed by atoms with E-state index in [9.17, 15) is 0 Å². The molecule has 2 heterocycles. The molecule has 0 saturated carbocycles. The van der Waals surface area contributed by atoms with Gasteiger partial charge in [-0.1, -0.05) is 18.2 Å². The molecule has 80 valence electrons. The first kappa shape index (κ1) is 9.28. The fourth-order valence-corrected chi connectivity index (χ4v) is 1.96. The SMILES string of the molecule is c1coc(CCc2cccc3ccoc23)c1. The fraction of sp³-hybridized carbons (Fsp3) is 0.143. The van der Waals surface area contributed by atoms with Crippen molar-refractivity contribution in [3.8, 4) is 0 Å². The van der Waals surface area contributed by atoms with Crippen molar-refractivity contribution in [1.82, 2.24) is 0 Å². The second-order valence-corrected chi connectivity index (χ2v) is 3.84. The summed E-state index contributed by atoms with van der Waals surface area (Å²) >= 11 is 0. The van der Waals surface area contributed by atoms with Gasteiger partial charge in [0.1, 0.15) is 11.3 Å². The van der Waals surface area contributed by atoms with Crippen molar-refractivity contribution in [2.45, 2.75) is 12.8 Å². The summed E-state index contributed by atoms with van der Waals surface area (Å²) in [6, 6.07) is 12.1. The lowest BCUT2D eigenvalue weighted by atomic mass is 10.1. The minimum Gasteiger partial charge on any atom is -0.469 e. The van der Waals surface area contributed by atoms with Gasteiger partial charge >= 0.3 is 0 Å². The Hall–Kier alpha value is -1.96. The Morgan fingerprint density at radius 2 is 1.81 bits per heavy atom. The van der Waals surface area contributed by atoms with Gasteiger partial charge in [-0.05, 0) is 30.2 Å². The third-order valence-corrected chi connectivity index (χ3v) is 2.78.